The first-order valence-electron chi connectivity index (χ1n) is 14.3. The van der Waals surface area contributed by atoms with Gasteiger partial charge in [0.15, 0.2) is 5.96 Å². The Labute approximate surface area is 273 Å². The number of nitrogens with one attached hydrogen (secondary N) is 8. The average molecular weight is 681 g/mol. The highest BCUT2D eigenvalue weighted by Gasteiger charge is 2.29. The number of carbonyl (C=O) groups excluding carboxylic acids is 6. The molecule has 1 rings (SSSR count). The molecule has 15 N–H and O–H groups in total. The molecule has 0 bridgehead atoms. The van der Waals surface area contributed by atoms with Crippen LogP contribution >= 0.6 is 0 Å². The predicted octanol–water partition coefficient (Wildman–Crippen LogP) is -5.48. The lowest BCUT2D eigenvalue weighted by Crippen LogP contribution is -2.55. The number of amides is 6. The minimum Gasteiger partial charge on any atom is -0.508 e. The molecule has 264 valence electrons. The maximum absolute atomic E-state index is 12.9. The van der Waals surface area contributed by atoms with Gasteiger partial charge in [-0.2, -0.15) is 0 Å². The van der Waals surface area contributed by atoms with Crippen molar-refractivity contribution in [2.75, 3.05) is 32.7 Å². The quantitative estimate of drug-likeness (QED) is 0.0327. The van der Waals surface area contributed by atoms with Gasteiger partial charge in [0.25, 0.3) is 0 Å². The van der Waals surface area contributed by atoms with Gasteiger partial charge in [-0.3, -0.25) is 39.0 Å². The summed E-state index contributed by atoms with van der Waals surface area (Å²) >= 11 is 0. The monoisotopic (exact) mass is 680 g/mol. The Hall–Kier alpha value is -5.99. The number of hydrogen-bond donors (Lipinski definition) is 13. The molecule has 0 aromatic heterocycles. The summed E-state index contributed by atoms with van der Waals surface area (Å²) in [5.41, 5.74) is 10.8. The minimum absolute atomic E-state index is 0.0262. The predicted molar refractivity (Wildman–Crippen MR) is 165 cm³/mol. The number of rotatable bonds is 21. The number of hydrogen-bond acceptors (Lipinski definition) is 11. The van der Waals surface area contributed by atoms with Crippen LogP contribution in [-0.4, -0.2) is 120 Å². The molecular weight excluding hydrogens is 640 g/mol. The van der Waals surface area contributed by atoms with E-state index in [4.69, 9.17) is 16.9 Å². The van der Waals surface area contributed by atoms with Gasteiger partial charge in [0.2, 0.25) is 35.4 Å². The van der Waals surface area contributed by atoms with E-state index >= 15 is 0 Å². The Morgan fingerprint density at radius 3 is 1.83 bits per heavy atom. The van der Waals surface area contributed by atoms with Gasteiger partial charge in [-0.1, -0.05) is 12.1 Å². The van der Waals surface area contributed by atoms with E-state index < -0.39 is 91.6 Å². The summed E-state index contributed by atoms with van der Waals surface area (Å²) in [7, 11) is 0. The number of carbonyl (C=O) groups is 8. The Balaban J connectivity index is 2.83. The zero-order chi connectivity index (χ0) is 36.2. The molecular formula is C27H40N10O11. The van der Waals surface area contributed by atoms with Crippen LogP contribution in [0.4, 0.5) is 0 Å². The second-order valence-electron chi connectivity index (χ2n) is 10.1. The molecule has 0 unspecified atom stereocenters. The van der Waals surface area contributed by atoms with Gasteiger partial charge in [-0.05, 0) is 30.5 Å². The number of carboxylic acid groups (broad SMARTS) is 2. The Morgan fingerprint density at radius 1 is 0.708 bits per heavy atom. The van der Waals surface area contributed by atoms with Crippen LogP contribution in [0.15, 0.2) is 24.3 Å². The zero-order valence-electron chi connectivity index (χ0n) is 25.7. The third-order valence-corrected chi connectivity index (χ3v) is 6.16. The maximum atomic E-state index is 12.9. The number of aliphatic carboxylic acids is 2. The van der Waals surface area contributed by atoms with Crippen molar-refractivity contribution < 1.29 is 53.7 Å². The molecule has 3 atom stereocenters. The summed E-state index contributed by atoms with van der Waals surface area (Å²) in [6.45, 7) is -2.02. The van der Waals surface area contributed by atoms with Crippen LogP contribution in [0, 0.1) is 5.41 Å². The third kappa shape index (κ3) is 16.9. The second kappa shape index (κ2) is 20.9. The lowest BCUT2D eigenvalue weighted by Gasteiger charge is -2.21. The number of aromatic hydroxyl groups is 1. The molecule has 21 heteroatoms. The first kappa shape index (κ1) is 40.0. The molecule has 0 aliphatic heterocycles. The van der Waals surface area contributed by atoms with Crippen molar-refractivity contribution in [3.63, 3.8) is 0 Å². The van der Waals surface area contributed by atoms with Crippen molar-refractivity contribution in [3.8, 4) is 5.75 Å². The van der Waals surface area contributed by atoms with E-state index in [1.54, 1.807) is 0 Å². The van der Waals surface area contributed by atoms with E-state index in [2.05, 4.69) is 37.2 Å². The molecule has 0 spiro atoms. The summed E-state index contributed by atoms with van der Waals surface area (Å²) < 4.78 is 0. The molecule has 0 saturated heterocycles. The topological polar surface area (TPSA) is 357 Å². The van der Waals surface area contributed by atoms with Crippen LogP contribution in [-0.2, 0) is 44.8 Å². The van der Waals surface area contributed by atoms with Crippen molar-refractivity contribution in [2.24, 2.45) is 11.5 Å². The van der Waals surface area contributed by atoms with Gasteiger partial charge in [0.05, 0.1) is 32.6 Å². The van der Waals surface area contributed by atoms with E-state index in [0.717, 1.165) is 0 Å². The summed E-state index contributed by atoms with van der Waals surface area (Å²) in [4.78, 5) is 96.8. The van der Waals surface area contributed by atoms with E-state index in [9.17, 15) is 53.7 Å². The molecule has 21 nitrogen and oxygen atoms in total. The Bertz CT molecular complexity index is 1340. The third-order valence-electron chi connectivity index (χ3n) is 6.16. The van der Waals surface area contributed by atoms with Crippen molar-refractivity contribution in [2.45, 2.75) is 43.8 Å². The molecule has 0 saturated carbocycles. The summed E-state index contributed by atoms with van der Waals surface area (Å²) in [5, 5.41) is 51.3. The summed E-state index contributed by atoms with van der Waals surface area (Å²) in [6, 6.07) is 0.945. The van der Waals surface area contributed by atoms with E-state index in [1.165, 1.54) is 24.3 Å². The van der Waals surface area contributed by atoms with Gasteiger partial charge >= 0.3 is 11.9 Å². The normalized spacial score (nSPS) is 12.2. The van der Waals surface area contributed by atoms with E-state index in [-0.39, 0.29) is 44.1 Å². The highest BCUT2D eigenvalue weighted by molar-refractivity contribution is 5.95. The molecule has 1 aromatic rings. The lowest BCUT2D eigenvalue weighted by atomic mass is 10.0. The first-order chi connectivity index (χ1) is 22.6. The van der Waals surface area contributed by atoms with Crippen LogP contribution in [0.25, 0.3) is 0 Å². The molecule has 0 fully saturated rings. The fourth-order valence-electron chi connectivity index (χ4n) is 3.80. The van der Waals surface area contributed by atoms with Gasteiger partial charge < -0.3 is 64.0 Å². The second-order valence-corrected chi connectivity index (χ2v) is 10.1. The Morgan fingerprint density at radius 2 is 1.27 bits per heavy atom. The smallest absolute Gasteiger partial charge is 0.326 e. The van der Waals surface area contributed by atoms with E-state index in [0.29, 0.717) is 5.56 Å². The van der Waals surface area contributed by atoms with Gasteiger partial charge in [0, 0.05) is 13.0 Å². The van der Waals surface area contributed by atoms with Gasteiger partial charge in [-0.25, -0.2) is 4.79 Å². The van der Waals surface area contributed by atoms with Crippen molar-refractivity contribution >= 4 is 53.3 Å². The van der Waals surface area contributed by atoms with Crippen LogP contribution in [0.2, 0.25) is 0 Å². The average Bonchev–Trinajstić information content (AvgIpc) is 3.02. The number of guanidine groups is 1. The van der Waals surface area contributed by atoms with Crippen molar-refractivity contribution in [3.05, 3.63) is 29.8 Å². The fraction of sp³-hybridized carbons (Fsp3) is 0.444. The number of phenolic OH excluding ortho intramolecular Hbond substituents is 1. The summed E-state index contributed by atoms with van der Waals surface area (Å²) in [6.07, 6.45) is -0.978. The van der Waals surface area contributed by atoms with Crippen LogP contribution < -0.4 is 48.7 Å². The van der Waals surface area contributed by atoms with Crippen molar-refractivity contribution in [1.82, 2.24) is 37.2 Å². The largest absolute Gasteiger partial charge is 0.508 e. The lowest BCUT2D eigenvalue weighted by molar-refractivity contribution is -0.143. The zero-order valence-corrected chi connectivity index (χ0v) is 25.7. The highest BCUT2D eigenvalue weighted by Crippen LogP contribution is 2.12. The standard InChI is InChI=1S/C27H40N10O11/c28-10-19(39)32-11-20(40)33-12-21(41)35-16(2-1-7-31-27(29)30)24(45)34-13-22(42)36-17(9-23(43)44)25(46)37-18(26(47)48)8-14-3-5-15(38)6-4-14/h3-6,16-18,38H,1-2,7-13,28H2,(H,32,39)(H,33,40)(H,34,45)(H,35,41)(H,36,42)(H,37,46)(H,43,44)(H,47,48)(H4,29,30,31)/t16-,17-,18-/m0/s1. The molecule has 48 heavy (non-hydrogen) atoms. The van der Waals surface area contributed by atoms with Crippen LogP contribution in [0.5, 0.6) is 5.75 Å². The number of carboxylic acids is 2. The molecule has 1 aromatic carbocycles. The molecule has 0 aliphatic carbocycles. The van der Waals surface area contributed by atoms with Gasteiger partial charge in [-0.15, -0.1) is 0 Å². The number of nitrogens with two attached hydrogens (primary N) is 2. The molecule has 0 aliphatic rings. The van der Waals surface area contributed by atoms with Crippen LogP contribution in [0.1, 0.15) is 24.8 Å². The SMILES string of the molecule is N=C(N)NCCC[C@H](NC(=O)CNC(=O)CNC(=O)CN)C(=O)NCC(=O)N[C@@H](CC(=O)O)C(=O)N[C@@H](Cc1ccc(O)cc1)C(=O)O. The minimum atomic E-state index is -1.74. The molecule has 6 amide bonds. The van der Waals surface area contributed by atoms with E-state index in [1.807, 2.05) is 0 Å². The van der Waals surface area contributed by atoms with Crippen molar-refractivity contribution in [1.29, 1.82) is 5.41 Å². The highest BCUT2D eigenvalue weighted by atomic mass is 16.4. The first-order valence-corrected chi connectivity index (χ1v) is 14.3. The van der Waals surface area contributed by atoms with Crippen LogP contribution in [0.3, 0.4) is 0 Å². The molecule has 0 radical (unpaired) electrons. The fourth-order valence-corrected chi connectivity index (χ4v) is 3.80. The number of benzene rings is 1. The summed E-state index contributed by atoms with van der Waals surface area (Å²) in [5.74, 6) is -8.50. The van der Waals surface area contributed by atoms with Gasteiger partial charge in [0.1, 0.15) is 23.9 Å². The number of phenols is 1. The molecule has 0 heterocycles. The Kier molecular flexibility index (Phi) is 17.5. The maximum Gasteiger partial charge on any atom is 0.326 e.